The SMILES string of the molecule is CC(C)N[C@H]1C[C@@H]1c1ccc(COC(=O)NCc2ccc(C(=O)Nc3ccccc3N)cn2)cc1. The Morgan fingerprint density at radius 3 is 2.54 bits per heavy atom. The minimum absolute atomic E-state index is 0.192. The number of amides is 2. The van der Waals surface area contributed by atoms with Gasteiger partial charge in [0.15, 0.2) is 0 Å². The number of nitrogens with two attached hydrogens (primary N) is 1. The Labute approximate surface area is 205 Å². The Balaban J connectivity index is 1.19. The first kappa shape index (κ1) is 24.2. The third kappa shape index (κ3) is 6.80. The molecule has 0 bridgehead atoms. The van der Waals surface area contributed by atoms with Crippen LogP contribution in [0.25, 0.3) is 0 Å². The summed E-state index contributed by atoms with van der Waals surface area (Å²) in [7, 11) is 0. The highest BCUT2D eigenvalue weighted by molar-refractivity contribution is 6.05. The van der Waals surface area contributed by atoms with Crippen LogP contribution in [0.1, 0.15) is 53.4 Å². The Morgan fingerprint density at radius 2 is 1.86 bits per heavy atom. The van der Waals surface area contributed by atoms with Gasteiger partial charge in [-0.15, -0.1) is 0 Å². The smallest absolute Gasteiger partial charge is 0.407 e. The fourth-order valence-electron chi connectivity index (χ4n) is 3.87. The summed E-state index contributed by atoms with van der Waals surface area (Å²) in [5.41, 5.74) is 10.1. The molecule has 5 N–H and O–H groups in total. The van der Waals surface area contributed by atoms with Crippen LogP contribution in [0.4, 0.5) is 16.2 Å². The first-order chi connectivity index (χ1) is 16.9. The standard InChI is InChI=1S/C27H31N5O3/c1-17(2)31-25-13-22(25)19-9-7-18(8-10-19)16-35-27(34)30-15-21-12-11-20(14-29-21)26(33)32-24-6-4-3-5-23(24)28/h3-12,14,17,22,25,31H,13,15-16,28H2,1-2H3,(H,30,34)(H,32,33)/t22-,25+/m1/s1. The van der Waals surface area contributed by atoms with E-state index in [0.717, 1.165) is 12.0 Å². The normalized spacial score (nSPS) is 16.5. The molecule has 3 aromatic rings. The molecule has 1 aliphatic rings. The predicted molar refractivity (Wildman–Crippen MR) is 136 cm³/mol. The van der Waals surface area contributed by atoms with Crippen molar-refractivity contribution < 1.29 is 14.3 Å². The van der Waals surface area contributed by atoms with Crippen LogP contribution >= 0.6 is 0 Å². The number of nitrogens with zero attached hydrogens (tertiary/aromatic N) is 1. The van der Waals surface area contributed by atoms with Crippen LogP contribution in [0, 0.1) is 0 Å². The summed E-state index contributed by atoms with van der Waals surface area (Å²) in [5, 5.41) is 8.99. The molecule has 35 heavy (non-hydrogen) atoms. The summed E-state index contributed by atoms with van der Waals surface area (Å²) < 4.78 is 5.31. The van der Waals surface area contributed by atoms with Crippen LogP contribution in [0.15, 0.2) is 66.9 Å². The van der Waals surface area contributed by atoms with E-state index in [9.17, 15) is 9.59 Å². The highest BCUT2D eigenvalue weighted by Gasteiger charge is 2.38. The Morgan fingerprint density at radius 1 is 1.09 bits per heavy atom. The maximum absolute atomic E-state index is 12.4. The second kappa shape index (κ2) is 11.0. The van der Waals surface area contributed by atoms with Crippen LogP contribution < -0.4 is 21.7 Å². The Bertz CT molecular complexity index is 1160. The van der Waals surface area contributed by atoms with Gasteiger partial charge in [-0.1, -0.05) is 50.2 Å². The van der Waals surface area contributed by atoms with E-state index >= 15 is 0 Å². The average molecular weight is 474 g/mol. The molecule has 8 nitrogen and oxygen atoms in total. The lowest BCUT2D eigenvalue weighted by molar-refractivity contribution is 0.102. The van der Waals surface area contributed by atoms with Crippen molar-refractivity contribution in [3.63, 3.8) is 0 Å². The summed E-state index contributed by atoms with van der Waals surface area (Å²) in [4.78, 5) is 28.7. The molecular formula is C27H31N5O3. The van der Waals surface area contributed by atoms with Gasteiger partial charge in [0.1, 0.15) is 6.61 Å². The number of anilines is 2. The highest BCUT2D eigenvalue weighted by atomic mass is 16.5. The fraction of sp³-hybridized carbons (Fsp3) is 0.296. The van der Waals surface area contributed by atoms with E-state index in [0.29, 0.717) is 40.6 Å². The quantitative estimate of drug-likeness (QED) is 0.346. The lowest BCUT2D eigenvalue weighted by Crippen LogP contribution is -2.25. The van der Waals surface area contributed by atoms with Gasteiger partial charge >= 0.3 is 6.09 Å². The zero-order valence-electron chi connectivity index (χ0n) is 20.0. The van der Waals surface area contributed by atoms with Gasteiger partial charge in [-0.3, -0.25) is 9.78 Å². The van der Waals surface area contributed by atoms with Crippen LogP contribution in [-0.2, 0) is 17.9 Å². The van der Waals surface area contributed by atoms with Crippen molar-refractivity contribution in [3.05, 3.63) is 89.2 Å². The van der Waals surface area contributed by atoms with Crippen LogP contribution in [0.5, 0.6) is 0 Å². The third-order valence-corrected chi connectivity index (χ3v) is 5.83. The number of hydrogen-bond donors (Lipinski definition) is 4. The monoisotopic (exact) mass is 473 g/mol. The van der Waals surface area contributed by atoms with E-state index in [1.54, 1.807) is 36.4 Å². The van der Waals surface area contributed by atoms with Gasteiger partial charge in [-0.2, -0.15) is 0 Å². The lowest BCUT2D eigenvalue weighted by atomic mass is 10.1. The number of para-hydroxylation sites is 2. The molecule has 2 atom stereocenters. The average Bonchev–Trinajstić information content (AvgIpc) is 3.61. The van der Waals surface area contributed by atoms with E-state index in [2.05, 4.69) is 46.9 Å². The number of nitrogen functional groups attached to an aromatic ring is 1. The molecule has 2 amide bonds. The minimum atomic E-state index is -0.527. The number of rotatable bonds is 9. The number of ether oxygens (including phenoxy) is 1. The van der Waals surface area contributed by atoms with E-state index < -0.39 is 6.09 Å². The van der Waals surface area contributed by atoms with Crippen molar-refractivity contribution in [3.8, 4) is 0 Å². The number of alkyl carbamates (subject to hydrolysis) is 1. The van der Waals surface area contributed by atoms with E-state index in [1.807, 2.05) is 12.1 Å². The maximum Gasteiger partial charge on any atom is 0.407 e. The number of aromatic nitrogens is 1. The van der Waals surface area contributed by atoms with Gasteiger partial charge in [0.05, 0.1) is 29.2 Å². The van der Waals surface area contributed by atoms with Crippen molar-refractivity contribution in [2.45, 2.75) is 51.4 Å². The van der Waals surface area contributed by atoms with E-state index in [1.165, 1.54) is 11.8 Å². The molecule has 8 heteroatoms. The number of benzene rings is 2. The molecule has 0 radical (unpaired) electrons. The second-order valence-electron chi connectivity index (χ2n) is 9.02. The molecule has 1 heterocycles. The summed E-state index contributed by atoms with van der Waals surface area (Å²) >= 11 is 0. The van der Waals surface area contributed by atoms with E-state index in [4.69, 9.17) is 10.5 Å². The topological polar surface area (TPSA) is 118 Å². The molecule has 4 rings (SSSR count). The van der Waals surface area contributed by atoms with Gasteiger partial charge < -0.3 is 26.4 Å². The largest absolute Gasteiger partial charge is 0.445 e. The predicted octanol–water partition coefficient (Wildman–Crippen LogP) is 4.20. The zero-order valence-corrected chi connectivity index (χ0v) is 20.0. The number of carbonyl (C=O) groups is 2. The molecule has 1 aromatic heterocycles. The zero-order chi connectivity index (χ0) is 24.8. The van der Waals surface area contributed by atoms with E-state index in [-0.39, 0.29) is 19.1 Å². The molecule has 0 unspecified atom stereocenters. The van der Waals surface area contributed by atoms with Gasteiger partial charge in [0.2, 0.25) is 0 Å². The van der Waals surface area contributed by atoms with Crippen molar-refractivity contribution >= 4 is 23.4 Å². The van der Waals surface area contributed by atoms with Gasteiger partial charge in [-0.25, -0.2) is 4.79 Å². The second-order valence-corrected chi connectivity index (χ2v) is 9.02. The number of nitrogens with one attached hydrogen (secondary N) is 3. The third-order valence-electron chi connectivity index (χ3n) is 5.83. The van der Waals surface area contributed by atoms with Crippen LogP contribution in [0.3, 0.4) is 0 Å². The lowest BCUT2D eigenvalue weighted by Gasteiger charge is -2.09. The Kier molecular flexibility index (Phi) is 7.62. The Hall–Kier alpha value is -3.91. The number of carbonyl (C=O) groups excluding carboxylic acids is 2. The molecule has 182 valence electrons. The summed E-state index contributed by atoms with van der Waals surface area (Å²) in [5.74, 6) is 0.255. The molecule has 1 fully saturated rings. The van der Waals surface area contributed by atoms with Crippen molar-refractivity contribution in [1.29, 1.82) is 0 Å². The molecule has 1 aliphatic carbocycles. The fourth-order valence-corrected chi connectivity index (χ4v) is 3.87. The van der Waals surface area contributed by atoms with Crippen molar-refractivity contribution in [1.82, 2.24) is 15.6 Å². The van der Waals surface area contributed by atoms with Crippen molar-refractivity contribution in [2.75, 3.05) is 11.1 Å². The van der Waals surface area contributed by atoms with Crippen LogP contribution in [0.2, 0.25) is 0 Å². The molecule has 0 aliphatic heterocycles. The molecule has 0 spiro atoms. The molecule has 1 saturated carbocycles. The summed E-state index contributed by atoms with van der Waals surface area (Å²) in [6.45, 7) is 4.71. The first-order valence-electron chi connectivity index (χ1n) is 11.8. The first-order valence-corrected chi connectivity index (χ1v) is 11.8. The van der Waals surface area contributed by atoms with Crippen molar-refractivity contribution in [2.24, 2.45) is 0 Å². The number of pyridine rings is 1. The number of hydrogen-bond acceptors (Lipinski definition) is 6. The maximum atomic E-state index is 12.4. The van der Waals surface area contributed by atoms with Gasteiger partial charge in [-0.05, 0) is 41.8 Å². The summed E-state index contributed by atoms with van der Waals surface area (Å²) in [6.07, 6.45) is 2.10. The molecular weight excluding hydrogens is 442 g/mol. The molecule has 2 aromatic carbocycles. The van der Waals surface area contributed by atoms with Gasteiger partial charge in [0, 0.05) is 24.2 Å². The summed E-state index contributed by atoms with van der Waals surface area (Å²) in [6, 6.07) is 19.6. The highest BCUT2D eigenvalue weighted by Crippen LogP contribution is 2.41. The van der Waals surface area contributed by atoms with Gasteiger partial charge in [0.25, 0.3) is 5.91 Å². The molecule has 0 saturated heterocycles. The minimum Gasteiger partial charge on any atom is -0.445 e. The van der Waals surface area contributed by atoms with Crippen LogP contribution in [-0.4, -0.2) is 29.1 Å².